The lowest BCUT2D eigenvalue weighted by Gasteiger charge is -2.44. The van der Waals surface area contributed by atoms with Crippen molar-refractivity contribution < 1.29 is 9.84 Å². The summed E-state index contributed by atoms with van der Waals surface area (Å²) in [6.45, 7) is 7.48. The van der Waals surface area contributed by atoms with Crippen LogP contribution in [0.1, 0.15) is 52.4 Å². The number of aliphatic hydroxyl groups is 1. The largest absolute Gasteiger partial charge is 0.391 e. The summed E-state index contributed by atoms with van der Waals surface area (Å²) in [5.74, 6) is 0. The van der Waals surface area contributed by atoms with Crippen LogP contribution in [0, 0.1) is 0 Å². The molecular formula is C14H29NO2. The van der Waals surface area contributed by atoms with Gasteiger partial charge in [-0.3, -0.25) is 4.90 Å². The van der Waals surface area contributed by atoms with E-state index in [1.54, 1.807) is 7.11 Å². The lowest BCUT2D eigenvalue weighted by molar-refractivity contribution is -0.0347. The first-order valence-electron chi connectivity index (χ1n) is 7.13. The van der Waals surface area contributed by atoms with Crippen LogP contribution in [0.5, 0.6) is 0 Å². The molecule has 102 valence electrons. The van der Waals surface area contributed by atoms with Crippen LogP contribution < -0.4 is 0 Å². The number of nitrogens with zero attached hydrogens (tertiary/aromatic N) is 1. The SMILES string of the molecule is CCC(CC)(C(O)CCCOC)N1CCCC1. The van der Waals surface area contributed by atoms with Gasteiger partial charge in [0.1, 0.15) is 0 Å². The predicted octanol–water partition coefficient (Wildman–Crippen LogP) is 2.43. The minimum Gasteiger partial charge on any atom is -0.391 e. The molecule has 1 aliphatic rings. The van der Waals surface area contributed by atoms with E-state index < -0.39 is 0 Å². The minimum atomic E-state index is -0.217. The summed E-state index contributed by atoms with van der Waals surface area (Å²) < 4.78 is 5.07. The lowest BCUT2D eigenvalue weighted by Crippen LogP contribution is -2.55. The third kappa shape index (κ3) is 3.43. The normalized spacial score (nSPS) is 19.8. The Kier molecular flexibility index (Phi) is 6.45. The summed E-state index contributed by atoms with van der Waals surface area (Å²) in [7, 11) is 1.72. The minimum absolute atomic E-state index is 0.00421. The van der Waals surface area contributed by atoms with Crippen molar-refractivity contribution in [3.8, 4) is 0 Å². The van der Waals surface area contributed by atoms with Crippen LogP contribution in [0.3, 0.4) is 0 Å². The summed E-state index contributed by atoms with van der Waals surface area (Å²) in [5, 5.41) is 10.5. The Hall–Kier alpha value is -0.120. The van der Waals surface area contributed by atoms with E-state index in [0.29, 0.717) is 0 Å². The molecule has 1 saturated heterocycles. The van der Waals surface area contributed by atoms with E-state index in [4.69, 9.17) is 4.74 Å². The molecule has 1 aliphatic heterocycles. The van der Waals surface area contributed by atoms with E-state index in [2.05, 4.69) is 18.7 Å². The second kappa shape index (κ2) is 7.34. The number of aliphatic hydroxyl groups excluding tert-OH is 1. The standard InChI is InChI=1S/C14H29NO2/c1-4-14(5-2,15-10-6-7-11-15)13(16)9-8-12-17-3/h13,16H,4-12H2,1-3H3. The molecule has 1 atom stereocenters. The number of hydrogen-bond acceptors (Lipinski definition) is 3. The van der Waals surface area contributed by atoms with Gasteiger partial charge in [-0.25, -0.2) is 0 Å². The maximum atomic E-state index is 10.5. The Morgan fingerprint density at radius 1 is 1.24 bits per heavy atom. The van der Waals surface area contributed by atoms with Gasteiger partial charge in [0, 0.05) is 19.3 Å². The highest BCUT2D eigenvalue weighted by Crippen LogP contribution is 2.33. The van der Waals surface area contributed by atoms with E-state index in [0.717, 1.165) is 45.4 Å². The summed E-state index contributed by atoms with van der Waals surface area (Å²) in [6.07, 6.45) is 6.24. The monoisotopic (exact) mass is 243 g/mol. The van der Waals surface area contributed by atoms with Gasteiger partial charge < -0.3 is 9.84 Å². The maximum absolute atomic E-state index is 10.5. The highest BCUT2D eigenvalue weighted by Gasteiger charge is 2.40. The molecule has 0 spiro atoms. The zero-order valence-electron chi connectivity index (χ0n) is 11.7. The Morgan fingerprint density at radius 2 is 1.82 bits per heavy atom. The third-order valence-electron chi connectivity index (χ3n) is 4.41. The fourth-order valence-corrected chi connectivity index (χ4v) is 3.23. The van der Waals surface area contributed by atoms with Crippen LogP contribution in [0.4, 0.5) is 0 Å². The summed E-state index contributed by atoms with van der Waals surface area (Å²) in [6, 6.07) is 0. The fraction of sp³-hybridized carbons (Fsp3) is 1.00. The van der Waals surface area contributed by atoms with Crippen LogP contribution in [-0.4, -0.2) is 48.5 Å². The molecule has 1 N–H and O–H groups in total. The third-order valence-corrected chi connectivity index (χ3v) is 4.41. The van der Waals surface area contributed by atoms with E-state index in [1.165, 1.54) is 12.8 Å². The molecule has 0 amide bonds. The number of hydrogen-bond donors (Lipinski definition) is 1. The molecule has 1 heterocycles. The second-order valence-corrected chi connectivity index (χ2v) is 5.16. The quantitative estimate of drug-likeness (QED) is 0.665. The summed E-state index contributed by atoms with van der Waals surface area (Å²) in [4.78, 5) is 2.52. The first-order chi connectivity index (χ1) is 8.21. The summed E-state index contributed by atoms with van der Waals surface area (Å²) >= 11 is 0. The summed E-state index contributed by atoms with van der Waals surface area (Å²) in [5.41, 5.74) is 0.00421. The molecule has 0 aliphatic carbocycles. The Bertz CT molecular complexity index is 198. The Labute approximate surface area is 106 Å². The van der Waals surface area contributed by atoms with Crippen molar-refractivity contribution in [1.82, 2.24) is 4.90 Å². The van der Waals surface area contributed by atoms with Crippen LogP contribution in [0.15, 0.2) is 0 Å². The molecule has 17 heavy (non-hydrogen) atoms. The van der Waals surface area contributed by atoms with Gasteiger partial charge in [-0.2, -0.15) is 0 Å². The first kappa shape index (κ1) is 14.9. The molecule has 1 fully saturated rings. The second-order valence-electron chi connectivity index (χ2n) is 5.16. The molecule has 0 saturated carbocycles. The lowest BCUT2D eigenvalue weighted by atomic mass is 9.82. The molecule has 1 unspecified atom stereocenters. The molecule has 0 aromatic carbocycles. The Morgan fingerprint density at radius 3 is 2.29 bits per heavy atom. The van der Waals surface area contributed by atoms with Crippen molar-refractivity contribution in [3.05, 3.63) is 0 Å². The number of ether oxygens (including phenoxy) is 1. The van der Waals surface area contributed by atoms with Gasteiger partial charge in [0.05, 0.1) is 6.10 Å². The highest BCUT2D eigenvalue weighted by molar-refractivity contribution is 4.96. The molecule has 3 nitrogen and oxygen atoms in total. The molecule has 0 aromatic rings. The van der Waals surface area contributed by atoms with Crippen molar-refractivity contribution in [3.63, 3.8) is 0 Å². The molecule has 1 rings (SSSR count). The van der Waals surface area contributed by atoms with Crippen molar-refractivity contribution >= 4 is 0 Å². The highest BCUT2D eigenvalue weighted by atomic mass is 16.5. The number of methoxy groups -OCH3 is 1. The van der Waals surface area contributed by atoms with Crippen molar-refractivity contribution in [2.75, 3.05) is 26.8 Å². The van der Waals surface area contributed by atoms with Gasteiger partial charge in [-0.1, -0.05) is 13.8 Å². The molecule has 0 aromatic heterocycles. The first-order valence-corrected chi connectivity index (χ1v) is 7.13. The van der Waals surface area contributed by atoms with E-state index >= 15 is 0 Å². The predicted molar refractivity (Wildman–Crippen MR) is 71.2 cm³/mol. The van der Waals surface area contributed by atoms with Crippen LogP contribution in [0.25, 0.3) is 0 Å². The van der Waals surface area contributed by atoms with Crippen molar-refractivity contribution in [2.24, 2.45) is 0 Å². The number of rotatable bonds is 8. The van der Waals surface area contributed by atoms with Crippen LogP contribution in [0.2, 0.25) is 0 Å². The average Bonchev–Trinajstić information content (AvgIpc) is 2.86. The topological polar surface area (TPSA) is 32.7 Å². The number of likely N-dealkylation sites (tertiary alicyclic amines) is 1. The van der Waals surface area contributed by atoms with Crippen LogP contribution >= 0.6 is 0 Å². The van der Waals surface area contributed by atoms with Gasteiger partial charge in [0.2, 0.25) is 0 Å². The molecule has 3 heteroatoms. The zero-order valence-corrected chi connectivity index (χ0v) is 11.7. The van der Waals surface area contributed by atoms with E-state index in [-0.39, 0.29) is 11.6 Å². The van der Waals surface area contributed by atoms with Gasteiger partial charge in [0.15, 0.2) is 0 Å². The van der Waals surface area contributed by atoms with Crippen molar-refractivity contribution in [2.45, 2.75) is 64.0 Å². The average molecular weight is 243 g/mol. The Balaban J connectivity index is 2.61. The van der Waals surface area contributed by atoms with Gasteiger partial charge in [-0.05, 0) is 51.6 Å². The van der Waals surface area contributed by atoms with Gasteiger partial charge in [0.25, 0.3) is 0 Å². The fourth-order valence-electron chi connectivity index (χ4n) is 3.23. The molecule has 0 bridgehead atoms. The zero-order chi connectivity index (χ0) is 12.7. The van der Waals surface area contributed by atoms with Crippen molar-refractivity contribution in [1.29, 1.82) is 0 Å². The molecule has 0 radical (unpaired) electrons. The van der Waals surface area contributed by atoms with E-state index in [1.807, 2.05) is 0 Å². The smallest absolute Gasteiger partial charge is 0.0724 e. The van der Waals surface area contributed by atoms with Gasteiger partial charge >= 0.3 is 0 Å². The van der Waals surface area contributed by atoms with Gasteiger partial charge in [-0.15, -0.1) is 0 Å². The van der Waals surface area contributed by atoms with Crippen LogP contribution in [-0.2, 0) is 4.74 Å². The van der Waals surface area contributed by atoms with E-state index in [9.17, 15) is 5.11 Å². The molecular weight excluding hydrogens is 214 g/mol. The maximum Gasteiger partial charge on any atom is 0.0724 e.